The maximum absolute atomic E-state index is 12.4. The van der Waals surface area contributed by atoms with E-state index in [2.05, 4.69) is 5.10 Å². The number of aromatic hydroxyl groups is 2. The molecule has 22 heavy (non-hydrogen) atoms. The number of phenols is 2. The first kappa shape index (κ1) is 13.1. The Morgan fingerprint density at radius 3 is 2.32 bits per heavy atom. The Kier molecular flexibility index (Phi) is 2.63. The third kappa shape index (κ3) is 1.70. The average Bonchev–Trinajstić information content (AvgIpc) is 3.14. The summed E-state index contributed by atoms with van der Waals surface area (Å²) in [6.45, 7) is 0. The summed E-state index contributed by atoms with van der Waals surface area (Å²) in [5, 5.41) is 23.8. The summed E-state index contributed by atoms with van der Waals surface area (Å²) >= 11 is 0. The van der Waals surface area contributed by atoms with Gasteiger partial charge in [0.05, 0.1) is 18.1 Å². The van der Waals surface area contributed by atoms with E-state index in [-0.39, 0.29) is 47.0 Å². The number of carbonyl (C=O) groups is 2. The van der Waals surface area contributed by atoms with Crippen LogP contribution in [0.25, 0.3) is 0 Å². The quantitative estimate of drug-likeness (QED) is 0.488. The summed E-state index contributed by atoms with van der Waals surface area (Å²) in [5.74, 6) is -1.03. The van der Waals surface area contributed by atoms with E-state index in [4.69, 9.17) is 0 Å². The number of hydrogen-bond acceptors (Lipinski definition) is 5. The van der Waals surface area contributed by atoms with Crippen LogP contribution in [0, 0.1) is 23.7 Å². The molecule has 1 heterocycles. The third-order valence-electron chi connectivity index (χ3n) is 4.77. The predicted molar refractivity (Wildman–Crippen MR) is 76.9 cm³/mol. The van der Waals surface area contributed by atoms with E-state index in [0.717, 1.165) is 11.4 Å². The molecular formula is C16H14N2O4. The monoisotopic (exact) mass is 298 g/mol. The van der Waals surface area contributed by atoms with E-state index >= 15 is 0 Å². The number of allylic oxidation sites excluding steroid dienone is 2. The minimum atomic E-state index is -0.284. The number of rotatable bonds is 2. The molecule has 3 aliphatic rings. The highest BCUT2D eigenvalue weighted by molar-refractivity contribution is 6.06. The second-order valence-corrected chi connectivity index (χ2v) is 5.98. The van der Waals surface area contributed by atoms with Crippen molar-refractivity contribution in [3.05, 3.63) is 35.9 Å². The van der Waals surface area contributed by atoms with Gasteiger partial charge in [-0.3, -0.25) is 9.59 Å². The van der Waals surface area contributed by atoms with Gasteiger partial charge in [0.2, 0.25) is 0 Å². The highest BCUT2D eigenvalue weighted by atomic mass is 16.3. The molecule has 2 aliphatic carbocycles. The second-order valence-electron chi connectivity index (χ2n) is 5.98. The van der Waals surface area contributed by atoms with Gasteiger partial charge in [-0.15, -0.1) is 0 Å². The number of hydrazone groups is 1. The van der Waals surface area contributed by atoms with Crippen molar-refractivity contribution < 1.29 is 19.8 Å². The van der Waals surface area contributed by atoms with Crippen molar-refractivity contribution in [2.45, 2.75) is 6.42 Å². The number of hydrogen-bond donors (Lipinski definition) is 2. The van der Waals surface area contributed by atoms with Crippen LogP contribution in [0.2, 0.25) is 0 Å². The summed E-state index contributed by atoms with van der Waals surface area (Å²) in [6.07, 6.45) is 6.19. The molecule has 2 N–H and O–H groups in total. The summed E-state index contributed by atoms with van der Waals surface area (Å²) < 4.78 is 0. The van der Waals surface area contributed by atoms with Gasteiger partial charge in [-0.25, -0.2) is 0 Å². The van der Waals surface area contributed by atoms with Crippen LogP contribution in [0.4, 0.5) is 0 Å². The molecule has 4 rings (SSSR count). The first-order valence-corrected chi connectivity index (χ1v) is 7.18. The highest BCUT2D eigenvalue weighted by Gasteiger charge is 2.59. The second kappa shape index (κ2) is 4.43. The molecule has 112 valence electrons. The minimum Gasteiger partial charge on any atom is -0.508 e. The molecule has 1 aromatic rings. The van der Waals surface area contributed by atoms with Gasteiger partial charge in [-0.2, -0.15) is 10.1 Å². The molecule has 2 bridgehead atoms. The number of imide groups is 1. The van der Waals surface area contributed by atoms with Gasteiger partial charge >= 0.3 is 0 Å². The summed E-state index contributed by atoms with van der Waals surface area (Å²) in [5.41, 5.74) is 0.330. The topological polar surface area (TPSA) is 90.2 Å². The third-order valence-corrected chi connectivity index (χ3v) is 4.77. The van der Waals surface area contributed by atoms with Crippen LogP contribution < -0.4 is 0 Å². The fraction of sp³-hybridized carbons (Fsp3) is 0.312. The molecule has 0 radical (unpaired) electrons. The number of amides is 2. The van der Waals surface area contributed by atoms with Crippen molar-refractivity contribution in [2.24, 2.45) is 28.8 Å². The molecule has 1 saturated carbocycles. The van der Waals surface area contributed by atoms with E-state index in [9.17, 15) is 19.8 Å². The van der Waals surface area contributed by atoms with Crippen molar-refractivity contribution in [2.75, 3.05) is 0 Å². The lowest BCUT2D eigenvalue weighted by molar-refractivity contribution is -0.140. The summed E-state index contributed by atoms with van der Waals surface area (Å²) in [7, 11) is 0. The number of phenolic OH excluding ortho intramolecular Hbond substituents is 2. The number of nitrogens with zero attached hydrogens (tertiary/aromatic N) is 2. The number of benzene rings is 1. The molecule has 6 nitrogen and oxygen atoms in total. The maximum atomic E-state index is 12.4. The fourth-order valence-electron chi connectivity index (χ4n) is 3.76. The molecule has 0 aromatic heterocycles. The highest BCUT2D eigenvalue weighted by Crippen LogP contribution is 2.52. The molecule has 1 aliphatic heterocycles. The largest absolute Gasteiger partial charge is 0.508 e. The van der Waals surface area contributed by atoms with Gasteiger partial charge in [0.1, 0.15) is 11.5 Å². The van der Waals surface area contributed by atoms with E-state index < -0.39 is 0 Å². The van der Waals surface area contributed by atoms with Crippen molar-refractivity contribution in [3.8, 4) is 11.5 Å². The smallest absolute Gasteiger partial charge is 0.254 e. The fourth-order valence-corrected chi connectivity index (χ4v) is 3.76. The summed E-state index contributed by atoms with van der Waals surface area (Å²) in [6, 6.07) is 4.03. The first-order chi connectivity index (χ1) is 10.6. The van der Waals surface area contributed by atoms with Crippen molar-refractivity contribution in [1.82, 2.24) is 5.01 Å². The Morgan fingerprint density at radius 1 is 1.09 bits per heavy atom. The van der Waals surface area contributed by atoms with Crippen LogP contribution in [0.1, 0.15) is 12.0 Å². The molecule has 0 spiro atoms. The van der Waals surface area contributed by atoms with E-state index in [1.165, 1.54) is 24.4 Å². The molecule has 2 fully saturated rings. The molecule has 1 aromatic carbocycles. The van der Waals surface area contributed by atoms with E-state index in [0.29, 0.717) is 5.56 Å². The zero-order valence-electron chi connectivity index (χ0n) is 11.6. The van der Waals surface area contributed by atoms with Gasteiger partial charge in [-0.05, 0) is 30.4 Å². The molecule has 6 heteroatoms. The van der Waals surface area contributed by atoms with E-state index in [1.54, 1.807) is 0 Å². The number of carbonyl (C=O) groups excluding carboxylic acids is 2. The zero-order valence-corrected chi connectivity index (χ0v) is 11.6. The van der Waals surface area contributed by atoms with Crippen molar-refractivity contribution in [3.63, 3.8) is 0 Å². The normalized spacial score (nSPS) is 32.5. The van der Waals surface area contributed by atoms with Crippen LogP contribution in [-0.4, -0.2) is 33.3 Å². The van der Waals surface area contributed by atoms with Gasteiger partial charge in [-0.1, -0.05) is 12.2 Å². The SMILES string of the molecule is O=C1C2C3C=CC(C3)C2C(=O)N1N=Cc1ccc(O)cc1O. The van der Waals surface area contributed by atoms with Crippen LogP contribution >= 0.6 is 0 Å². The Balaban J connectivity index is 1.60. The Bertz CT molecular complexity index is 710. The first-order valence-electron chi connectivity index (χ1n) is 7.18. The zero-order chi connectivity index (χ0) is 15.4. The Hall–Kier alpha value is -2.63. The molecule has 4 atom stereocenters. The lowest BCUT2D eigenvalue weighted by atomic mass is 9.85. The lowest BCUT2D eigenvalue weighted by Crippen LogP contribution is -2.28. The standard InChI is InChI=1S/C16H14N2O4/c19-11-4-3-10(12(20)6-11)7-17-18-15(21)13-8-1-2-9(5-8)14(13)16(18)22/h1-4,6-9,13-14,19-20H,5H2. The minimum absolute atomic E-state index is 0.0693. The molecule has 2 amide bonds. The maximum Gasteiger partial charge on any atom is 0.254 e. The van der Waals surface area contributed by atoms with Gasteiger partial charge in [0.25, 0.3) is 11.8 Å². The Labute approximate surface area is 126 Å². The van der Waals surface area contributed by atoms with Crippen LogP contribution in [-0.2, 0) is 9.59 Å². The van der Waals surface area contributed by atoms with Crippen molar-refractivity contribution >= 4 is 18.0 Å². The van der Waals surface area contributed by atoms with Gasteiger partial charge < -0.3 is 10.2 Å². The van der Waals surface area contributed by atoms with Gasteiger partial charge in [0, 0.05) is 11.6 Å². The lowest BCUT2D eigenvalue weighted by Gasteiger charge is -2.13. The predicted octanol–water partition coefficient (Wildman–Crippen LogP) is 1.24. The van der Waals surface area contributed by atoms with E-state index in [1.807, 2.05) is 12.2 Å². The van der Waals surface area contributed by atoms with Crippen LogP contribution in [0.5, 0.6) is 11.5 Å². The molecular weight excluding hydrogens is 284 g/mol. The van der Waals surface area contributed by atoms with Crippen LogP contribution in [0.15, 0.2) is 35.5 Å². The summed E-state index contributed by atoms with van der Waals surface area (Å²) in [4.78, 5) is 24.8. The van der Waals surface area contributed by atoms with Crippen LogP contribution in [0.3, 0.4) is 0 Å². The Morgan fingerprint density at radius 2 is 1.73 bits per heavy atom. The molecule has 4 unspecified atom stereocenters. The van der Waals surface area contributed by atoms with Gasteiger partial charge in [0.15, 0.2) is 0 Å². The average molecular weight is 298 g/mol. The number of fused-ring (bicyclic) bond motifs is 5. The molecule has 1 saturated heterocycles. The van der Waals surface area contributed by atoms with Crippen molar-refractivity contribution in [1.29, 1.82) is 0 Å².